The van der Waals surface area contributed by atoms with Crippen LogP contribution in [0.3, 0.4) is 0 Å². The van der Waals surface area contributed by atoms with Crippen molar-refractivity contribution in [3.8, 4) is 5.75 Å². The van der Waals surface area contributed by atoms with Crippen LogP contribution < -0.4 is 20.5 Å². The Balaban J connectivity index is 1.23. The molecule has 0 saturated heterocycles. The van der Waals surface area contributed by atoms with E-state index in [-0.39, 0.29) is 46.0 Å². The molecule has 0 aliphatic heterocycles. The van der Waals surface area contributed by atoms with Crippen LogP contribution in [0, 0.1) is 23.6 Å². The van der Waals surface area contributed by atoms with Gasteiger partial charge < -0.3 is 15.4 Å². The summed E-state index contributed by atoms with van der Waals surface area (Å²) in [5, 5.41) is 11.0. The summed E-state index contributed by atoms with van der Waals surface area (Å²) >= 11 is 5.65. The normalized spacial score (nSPS) is 23.2. The van der Waals surface area contributed by atoms with Crippen molar-refractivity contribution < 1.29 is 27.1 Å². The molecule has 3 aliphatic carbocycles. The van der Waals surface area contributed by atoms with Crippen molar-refractivity contribution in [2.24, 2.45) is 22.9 Å². The number of sulfonamides is 1. The van der Waals surface area contributed by atoms with Gasteiger partial charge in [0.05, 0.1) is 9.92 Å². The molecule has 11 heteroatoms. The molecule has 3 aliphatic rings. The predicted octanol–water partition coefficient (Wildman–Crippen LogP) is 2.40. The first-order chi connectivity index (χ1) is 16.6. The summed E-state index contributed by atoms with van der Waals surface area (Å²) in [5.41, 5.74) is 0.885. The zero-order chi connectivity index (χ0) is 25.2. The number of nitrogens with two attached hydrogens (primary N) is 1. The highest BCUT2D eigenvalue weighted by Gasteiger charge is 2.48. The third-order valence-corrected chi connectivity index (χ3v) is 8.00. The van der Waals surface area contributed by atoms with Crippen LogP contribution >= 0.6 is 11.6 Å². The molecule has 35 heavy (non-hydrogen) atoms. The van der Waals surface area contributed by atoms with Crippen LogP contribution in [-0.2, 0) is 26.0 Å². The number of primary sulfonamides is 1. The van der Waals surface area contributed by atoms with E-state index in [1.54, 1.807) is 12.1 Å². The number of carbonyl (C=O) groups is 2. The van der Waals surface area contributed by atoms with Gasteiger partial charge in [-0.25, -0.2) is 17.9 Å². The van der Waals surface area contributed by atoms with Crippen molar-refractivity contribution in [1.29, 1.82) is 0 Å². The van der Waals surface area contributed by atoms with Crippen molar-refractivity contribution in [1.82, 2.24) is 10.6 Å². The number of carbonyl (C=O) groups excluding carboxylic acids is 2. The molecule has 2 aromatic carbocycles. The first-order valence-electron chi connectivity index (χ1n) is 11.4. The summed E-state index contributed by atoms with van der Waals surface area (Å²) in [4.78, 5) is 25.3. The van der Waals surface area contributed by atoms with E-state index in [0.29, 0.717) is 31.2 Å². The van der Waals surface area contributed by atoms with Gasteiger partial charge >= 0.3 is 0 Å². The summed E-state index contributed by atoms with van der Waals surface area (Å²) in [5.74, 6) is -0.285. The Labute approximate surface area is 208 Å². The third-order valence-electron chi connectivity index (χ3n) is 6.77. The van der Waals surface area contributed by atoms with Crippen LogP contribution in [0.25, 0.3) is 0 Å². The van der Waals surface area contributed by atoms with Crippen LogP contribution in [0.2, 0.25) is 5.02 Å². The number of hydrogen-bond acceptors (Lipinski definition) is 5. The van der Waals surface area contributed by atoms with Gasteiger partial charge in [-0.15, -0.1) is 0 Å². The summed E-state index contributed by atoms with van der Waals surface area (Å²) in [7, 11) is -3.73. The Morgan fingerprint density at radius 2 is 1.80 bits per heavy atom. The molecule has 0 aromatic heterocycles. The second-order valence-corrected chi connectivity index (χ2v) is 11.1. The van der Waals surface area contributed by atoms with E-state index in [1.165, 1.54) is 24.3 Å². The minimum absolute atomic E-state index is 0.0205. The zero-order valence-corrected chi connectivity index (χ0v) is 20.4. The molecule has 3 saturated carbocycles. The van der Waals surface area contributed by atoms with Crippen LogP contribution in [0.5, 0.6) is 5.75 Å². The van der Waals surface area contributed by atoms with E-state index in [4.69, 9.17) is 21.5 Å². The van der Waals surface area contributed by atoms with Gasteiger partial charge in [0, 0.05) is 24.6 Å². The molecule has 0 heterocycles. The van der Waals surface area contributed by atoms with Gasteiger partial charge in [0.25, 0.3) is 5.91 Å². The number of amides is 2. The SMILES string of the molecule is NS(=O)(=O)c1ccc(CCNC(=O)[C@@H]2C[C@H](NC(=O)COc3ccc(Cl)c(F)c3)C3CC2C3)cc1. The highest BCUT2D eigenvalue weighted by molar-refractivity contribution is 7.89. The fraction of sp³-hybridized carbons (Fsp3) is 0.417. The molecular formula is C24H27ClFN3O5S. The second kappa shape index (κ2) is 10.5. The second-order valence-electron chi connectivity index (χ2n) is 9.10. The van der Waals surface area contributed by atoms with E-state index in [2.05, 4.69) is 10.6 Å². The highest BCUT2D eigenvalue weighted by Crippen LogP contribution is 2.49. The smallest absolute Gasteiger partial charge is 0.258 e. The van der Waals surface area contributed by atoms with E-state index < -0.39 is 15.8 Å². The van der Waals surface area contributed by atoms with E-state index in [0.717, 1.165) is 24.5 Å². The average molecular weight is 524 g/mol. The Morgan fingerprint density at radius 1 is 1.09 bits per heavy atom. The molecule has 2 amide bonds. The lowest BCUT2D eigenvalue weighted by molar-refractivity contribution is -0.136. The fourth-order valence-corrected chi connectivity index (χ4v) is 5.43. The quantitative estimate of drug-likeness (QED) is 0.465. The number of hydrogen-bond donors (Lipinski definition) is 3. The van der Waals surface area contributed by atoms with Crippen LogP contribution in [0.15, 0.2) is 47.4 Å². The van der Waals surface area contributed by atoms with E-state index in [9.17, 15) is 22.4 Å². The van der Waals surface area contributed by atoms with Crippen molar-refractivity contribution in [2.75, 3.05) is 13.2 Å². The fourth-order valence-electron chi connectivity index (χ4n) is 4.79. The predicted molar refractivity (Wildman–Crippen MR) is 128 cm³/mol. The van der Waals surface area contributed by atoms with Gasteiger partial charge in [-0.3, -0.25) is 9.59 Å². The molecule has 0 unspecified atom stereocenters. The van der Waals surface area contributed by atoms with Gasteiger partial charge in [-0.05, 0) is 67.3 Å². The van der Waals surface area contributed by atoms with Crippen molar-refractivity contribution >= 4 is 33.4 Å². The molecule has 188 valence electrons. The Bertz CT molecular complexity index is 1200. The van der Waals surface area contributed by atoms with Crippen molar-refractivity contribution in [3.63, 3.8) is 0 Å². The molecule has 0 radical (unpaired) electrons. The van der Waals surface area contributed by atoms with Crippen LogP contribution in [0.1, 0.15) is 24.8 Å². The Hall–Kier alpha value is -2.69. The first kappa shape index (κ1) is 25.4. The molecule has 3 fully saturated rings. The van der Waals surface area contributed by atoms with E-state index >= 15 is 0 Å². The van der Waals surface area contributed by atoms with Crippen LogP contribution in [-0.4, -0.2) is 39.4 Å². The monoisotopic (exact) mass is 523 g/mol. The van der Waals surface area contributed by atoms with Crippen molar-refractivity contribution in [2.45, 2.75) is 36.6 Å². The van der Waals surface area contributed by atoms with Crippen molar-refractivity contribution in [3.05, 3.63) is 58.9 Å². The molecule has 4 N–H and O–H groups in total. The number of ether oxygens (including phenoxy) is 1. The number of halogens is 2. The molecule has 2 bridgehead atoms. The van der Waals surface area contributed by atoms with Gasteiger partial charge in [0.1, 0.15) is 11.6 Å². The third kappa shape index (κ3) is 6.31. The summed E-state index contributed by atoms with van der Waals surface area (Å²) in [6.07, 6.45) is 2.90. The molecular weight excluding hydrogens is 497 g/mol. The summed E-state index contributed by atoms with van der Waals surface area (Å²) in [6, 6.07) is 10.1. The maximum absolute atomic E-state index is 13.5. The van der Waals surface area contributed by atoms with Gasteiger partial charge in [-0.2, -0.15) is 0 Å². The topological polar surface area (TPSA) is 128 Å². The van der Waals surface area contributed by atoms with Crippen LogP contribution in [0.4, 0.5) is 4.39 Å². The first-order valence-corrected chi connectivity index (χ1v) is 13.3. The Kier molecular flexibility index (Phi) is 7.63. The van der Waals surface area contributed by atoms with Gasteiger partial charge in [0.15, 0.2) is 6.61 Å². The average Bonchev–Trinajstić information content (AvgIpc) is 2.78. The highest BCUT2D eigenvalue weighted by atomic mass is 35.5. The Morgan fingerprint density at radius 3 is 2.46 bits per heavy atom. The summed E-state index contributed by atoms with van der Waals surface area (Å²) in [6.45, 7) is 0.164. The number of rotatable bonds is 9. The lowest BCUT2D eigenvalue weighted by atomic mass is 9.57. The number of fused-ring (bicyclic) bond motifs is 2. The molecule has 2 aromatic rings. The molecule has 8 nitrogen and oxygen atoms in total. The summed E-state index contributed by atoms with van der Waals surface area (Å²) < 4.78 is 41.6. The molecule has 0 spiro atoms. The standard InChI is InChI=1S/C24H27ClFN3O5S/c25-20-6-3-17(11-21(20)26)34-13-23(30)29-22-12-19(15-9-16(22)10-15)24(31)28-8-7-14-1-4-18(5-2-14)35(27,32)33/h1-6,11,15-16,19,22H,7-10,12-13H2,(H,28,31)(H,29,30)(H2,27,32,33)/t15?,16?,19-,22+/m1/s1. The maximum Gasteiger partial charge on any atom is 0.258 e. The van der Waals surface area contributed by atoms with E-state index in [1.807, 2.05) is 0 Å². The minimum Gasteiger partial charge on any atom is -0.484 e. The number of benzene rings is 2. The molecule has 2 atom stereocenters. The number of nitrogens with one attached hydrogen (secondary N) is 2. The van der Waals surface area contributed by atoms with Gasteiger partial charge in [0.2, 0.25) is 15.9 Å². The lowest BCUT2D eigenvalue weighted by Gasteiger charge is -2.50. The largest absolute Gasteiger partial charge is 0.484 e. The zero-order valence-electron chi connectivity index (χ0n) is 18.9. The van der Waals surface area contributed by atoms with Gasteiger partial charge in [-0.1, -0.05) is 23.7 Å². The maximum atomic E-state index is 13.5. The minimum atomic E-state index is -3.73. The molecule has 5 rings (SSSR count). The lowest BCUT2D eigenvalue weighted by Crippen LogP contribution is -2.57.